The molecule has 3 N–H and O–H groups in total. The van der Waals surface area contributed by atoms with Crippen molar-refractivity contribution in [2.24, 2.45) is 5.14 Å². The fourth-order valence-corrected chi connectivity index (χ4v) is 4.00. The van der Waals surface area contributed by atoms with Crippen molar-refractivity contribution in [2.45, 2.75) is 18.4 Å². The molecule has 0 atom stereocenters. The van der Waals surface area contributed by atoms with E-state index >= 15 is 0 Å². The molecular weight excluding hydrogens is 388 g/mol. The number of anilines is 1. The number of benzene rings is 2. The van der Waals surface area contributed by atoms with Crippen LogP contribution in [0.25, 0.3) is 10.6 Å². The number of nitrogens with two attached hydrogens (primary N) is 1. The number of nitro groups is 1. The summed E-state index contributed by atoms with van der Waals surface area (Å²) in [5.74, 6) is 0. The number of sulfonamides is 1. The number of nitro benzene ring substituents is 1. The van der Waals surface area contributed by atoms with E-state index in [2.05, 4.69) is 10.3 Å². The van der Waals surface area contributed by atoms with E-state index in [-0.39, 0.29) is 16.3 Å². The fraction of sp³-hybridized carbons (Fsp3) is 0.118. The summed E-state index contributed by atoms with van der Waals surface area (Å²) in [4.78, 5) is 15.8. The maximum atomic E-state index is 11.4. The molecule has 1 aromatic heterocycles. The minimum atomic E-state index is -4.02. The first-order chi connectivity index (χ1) is 12.8. The van der Waals surface area contributed by atoms with Gasteiger partial charge in [-0.3, -0.25) is 10.1 Å². The lowest BCUT2D eigenvalue weighted by Gasteiger charge is -2.07. The van der Waals surface area contributed by atoms with Crippen molar-refractivity contribution >= 4 is 32.7 Å². The lowest BCUT2D eigenvalue weighted by molar-refractivity contribution is -0.384. The fourth-order valence-electron chi connectivity index (χ4n) is 2.46. The van der Waals surface area contributed by atoms with Crippen LogP contribution in [0.15, 0.2) is 53.4 Å². The average Bonchev–Trinajstić information content (AvgIpc) is 3.00. The first kappa shape index (κ1) is 19.0. The summed E-state index contributed by atoms with van der Waals surface area (Å²) in [5.41, 5.74) is 1.68. The Bertz CT molecular complexity index is 1100. The van der Waals surface area contributed by atoms with Gasteiger partial charge in [0.1, 0.15) is 10.7 Å². The number of thiazole rings is 1. The summed E-state index contributed by atoms with van der Waals surface area (Å²) in [6.45, 7) is 2.20. The van der Waals surface area contributed by atoms with Crippen molar-refractivity contribution in [2.75, 3.05) is 5.32 Å². The van der Waals surface area contributed by atoms with E-state index in [1.807, 2.05) is 37.3 Å². The van der Waals surface area contributed by atoms with Crippen LogP contribution < -0.4 is 10.5 Å². The Morgan fingerprint density at radius 3 is 2.56 bits per heavy atom. The molecule has 8 nitrogen and oxygen atoms in total. The zero-order valence-electron chi connectivity index (χ0n) is 14.2. The van der Waals surface area contributed by atoms with Gasteiger partial charge in [-0.1, -0.05) is 30.3 Å². The molecule has 1 heterocycles. The Morgan fingerprint density at radius 2 is 1.93 bits per heavy atom. The molecule has 0 saturated carbocycles. The Morgan fingerprint density at radius 1 is 1.22 bits per heavy atom. The van der Waals surface area contributed by atoms with E-state index in [4.69, 9.17) is 5.14 Å². The van der Waals surface area contributed by atoms with Crippen molar-refractivity contribution in [3.8, 4) is 10.6 Å². The molecular formula is C17H16N4O4S2. The van der Waals surface area contributed by atoms with Gasteiger partial charge < -0.3 is 5.32 Å². The van der Waals surface area contributed by atoms with Gasteiger partial charge in [0.25, 0.3) is 5.69 Å². The van der Waals surface area contributed by atoms with E-state index in [1.54, 1.807) is 0 Å². The van der Waals surface area contributed by atoms with Crippen LogP contribution >= 0.6 is 11.3 Å². The number of rotatable bonds is 6. The van der Waals surface area contributed by atoms with Crippen molar-refractivity contribution in [3.05, 3.63) is 69.2 Å². The van der Waals surface area contributed by atoms with Gasteiger partial charge in [0.2, 0.25) is 10.0 Å². The molecule has 10 heteroatoms. The molecule has 2 aromatic carbocycles. The lowest BCUT2D eigenvalue weighted by Crippen LogP contribution is -2.13. The smallest absolute Gasteiger partial charge is 0.293 e. The second kappa shape index (κ2) is 7.43. The first-order valence-electron chi connectivity index (χ1n) is 7.82. The largest absolute Gasteiger partial charge is 0.375 e. The van der Waals surface area contributed by atoms with E-state index in [0.29, 0.717) is 6.54 Å². The maximum absolute atomic E-state index is 11.4. The highest BCUT2D eigenvalue weighted by molar-refractivity contribution is 7.89. The third-order valence-electron chi connectivity index (χ3n) is 3.85. The molecule has 0 aliphatic rings. The Hall–Kier alpha value is -2.82. The summed E-state index contributed by atoms with van der Waals surface area (Å²) < 4.78 is 22.8. The van der Waals surface area contributed by atoms with Gasteiger partial charge in [0, 0.05) is 16.5 Å². The normalized spacial score (nSPS) is 11.3. The molecule has 0 aliphatic heterocycles. The van der Waals surface area contributed by atoms with Crippen LogP contribution in [0.1, 0.15) is 10.6 Å². The van der Waals surface area contributed by atoms with E-state index < -0.39 is 14.9 Å². The number of nitrogens with zero attached hydrogens (tertiary/aromatic N) is 2. The SMILES string of the molecule is Cc1nc(-c2ccccc2)sc1CNc1ccc(S(N)(=O)=O)cc1[N+](=O)[O-]. The van der Waals surface area contributed by atoms with Crippen molar-refractivity contribution < 1.29 is 13.3 Å². The Kier molecular flexibility index (Phi) is 5.22. The van der Waals surface area contributed by atoms with Gasteiger partial charge >= 0.3 is 0 Å². The van der Waals surface area contributed by atoms with Crippen LogP contribution in [-0.4, -0.2) is 18.3 Å². The molecule has 3 rings (SSSR count). The van der Waals surface area contributed by atoms with E-state index in [9.17, 15) is 18.5 Å². The summed E-state index contributed by atoms with van der Waals surface area (Å²) in [7, 11) is -4.02. The highest BCUT2D eigenvalue weighted by atomic mass is 32.2. The predicted molar refractivity (Wildman–Crippen MR) is 104 cm³/mol. The standard InChI is InChI=1S/C17H16N4O4S2/c1-11-16(26-17(20-11)12-5-3-2-4-6-12)10-19-14-8-7-13(27(18,24)25)9-15(14)21(22)23/h2-9,19H,10H2,1H3,(H2,18,24,25). The molecule has 0 unspecified atom stereocenters. The highest BCUT2D eigenvalue weighted by Crippen LogP contribution is 2.31. The molecule has 0 radical (unpaired) electrons. The van der Waals surface area contributed by atoms with Gasteiger partial charge in [-0.15, -0.1) is 11.3 Å². The van der Waals surface area contributed by atoms with Gasteiger partial charge in [-0.05, 0) is 19.1 Å². The number of aromatic nitrogens is 1. The molecule has 27 heavy (non-hydrogen) atoms. The van der Waals surface area contributed by atoms with Crippen LogP contribution in [0.4, 0.5) is 11.4 Å². The molecule has 0 bridgehead atoms. The summed E-state index contributed by atoms with van der Waals surface area (Å²) in [6, 6.07) is 13.2. The van der Waals surface area contributed by atoms with Crippen LogP contribution in [0.3, 0.4) is 0 Å². The lowest BCUT2D eigenvalue weighted by atomic mass is 10.2. The van der Waals surface area contributed by atoms with E-state index in [0.717, 1.165) is 27.2 Å². The quantitative estimate of drug-likeness (QED) is 0.479. The zero-order valence-corrected chi connectivity index (χ0v) is 15.9. The van der Waals surface area contributed by atoms with Crippen LogP contribution in [0, 0.1) is 17.0 Å². The molecule has 0 amide bonds. The number of hydrogen-bond donors (Lipinski definition) is 2. The molecule has 0 aliphatic carbocycles. The second-order valence-electron chi connectivity index (χ2n) is 5.73. The Labute approximate surface area is 159 Å². The van der Waals surface area contributed by atoms with Crippen LogP contribution in [-0.2, 0) is 16.6 Å². The van der Waals surface area contributed by atoms with Gasteiger partial charge in [0.05, 0.1) is 22.1 Å². The number of primary sulfonamides is 1. The monoisotopic (exact) mass is 404 g/mol. The number of hydrogen-bond acceptors (Lipinski definition) is 7. The minimum absolute atomic E-state index is 0.210. The second-order valence-corrected chi connectivity index (χ2v) is 8.37. The van der Waals surface area contributed by atoms with Crippen LogP contribution in [0.2, 0.25) is 0 Å². The predicted octanol–water partition coefficient (Wildman–Crippen LogP) is 3.29. The third kappa shape index (κ3) is 4.30. The third-order valence-corrected chi connectivity index (χ3v) is 5.96. The number of aryl methyl sites for hydroxylation is 1. The van der Waals surface area contributed by atoms with Gasteiger partial charge in [0.15, 0.2) is 0 Å². The average molecular weight is 404 g/mol. The zero-order chi connectivity index (χ0) is 19.6. The van der Waals surface area contributed by atoms with Crippen molar-refractivity contribution in [3.63, 3.8) is 0 Å². The Balaban J connectivity index is 1.85. The van der Waals surface area contributed by atoms with Gasteiger partial charge in [-0.25, -0.2) is 18.5 Å². The maximum Gasteiger partial charge on any atom is 0.293 e. The summed E-state index contributed by atoms with van der Waals surface area (Å²) in [6.07, 6.45) is 0. The summed E-state index contributed by atoms with van der Waals surface area (Å²) >= 11 is 1.49. The number of nitrogens with one attached hydrogen (secondary N) is 1. The van der Waals surface area contributed by atoms with Crippen molar-refractivity contribution in [1.29, 1.82) is 0 Å². The molecule has 0 fully saturated rings. The molecule has 3 aromatic rings. The molecule has 140 valence electrons. The topological polar surface area (TPSA) is 128 Å². The summed E-state index contributed by atoms with van der Waals surface area (Å²) in [5, 5.41) is 20.2. The molecule has 0 saturated heterocycles. The van der Waals surface area contributed by atoms with E-state index in [1.165, 1.54) is 23.5 Å². The van der Waals surface area contributed by atoms with Crippen LogP contribution in [0.5, 0.6) is 0 Å². The van der Waals surface area contributed by atoms with Gasteiger partial charge in [-0.2, -0.15) is 0 Å². The minimum Gasteiger partial charge on any atom is -0.375 e. The van der Waals surface area contributed by atoms with Crippen molar-refractivity contribution in [1.82, 2.24) is 4.98 Å². The first-order valence-corrected chi connectivity index (χ1v) is 10.2. The molecule has 0 spiro atoms. The highest BCUT2D eigenvalue weighted by Gasteiger charge is 2.19.